The van der Waals surface area contributed by atoms with Crippen LogP contribution in [-0.2, 0) is 0 Å². The highest BCUT2D eigenvalue weighted by atomic mass is 35.5. The largest absolute Gasteiger partial charge is 0.368 e. The van der Waals surface area contributed by atoms with Crippen LogP contribution in [0, 0.1) is 6.92 Å². The van der Waals surface area contributed by atoms with Gasteiger partial charge in [-0.05, 0) is 24.6 Å². The molecule has 1 fully saturated rings. The van der Waals surface area contributed by atoms with Gasteiger partial charge in [0.25, 0.3) is 0 Å². The second-order valence-corrected chi connectivity index (χ2v) is 5.49. The molecule has 0 aromatic heterocycles. The van der Waals surface area contributed by atoms with Gasteiger partial charge in [0.15, 0.2) is 0 Å². The molecule has 0 bridgehead atoms. The van der Waals surface area contributed by atoms with Gasteiger partial charge >= 0.3 is 6.03 Å². The smallest absolute Gasteiger partial charge is 0.319 e. The van der Waals surface area contributed by atoms with E-state index in [9.17, 15) is 4.79 Å². The molecule has 0 N–H and O–H groups in total. The molecule has 4 nitrogen and oxygen atoms in total. The van der Waals surface area contributed by atoms with E-state index in [1.54, 1.807) is 19.0 Å². The molecule has 0 aliphatic carbocycles. The standard InChI is InChI=1S/C14H20ClN3O/c1-11-4-5-12(10-13(11)15)17-6-8-18(9-7-17)14(19)16(2)3/h4-5,10H,6-9H2,1-3H3. The predicted molar refractivity (Wildman–Crippen MR) is 79.1 cm³/mol. The second kappa shape index (κ2) is 5.70. The van der Waals surface area contributed by atoms with Crippen molar-refractivity contribution in [2.75, 3.05) is 45.2 Å². The Hall–Kier alpha value is -1.42. The van der Waals surface area contributed by atoms with Crippen LogP contribution in [0.15, 0.2) is 18.2 Å². The van der Waals surface area contributed by atoms with E-state index < -0.39 is 0 Å². The number of anilines is 1. The summed E-state index contributed by atoms with van der Waals surface area (Å²) in [6.07, 6.45) is 0. The first-order valence-electron chi connectivity index (χ1n) is 6.46. The molecule has 5 heteroatoms. The lowest BCUT2D eigenvalue weighted by Gasteiger charge is -2.37. The average Bonchev–Trinajstić information content (AvgIpc) is 2.41. The average molecular weight is 282 g/mol. The number of halogens is 1. The SMILES string of the molecule is Cc1ccc(N2CCN(C(=O)N(C)C)CC2)cc1Cl. The third-order valence-corrected chi connectivity index (χ3v) is 3.86. The van der Waals surface area contributed by atoms with Crippen LogP contribution < -0.4 is 4.90 Å². The topological polar surface area (TPSA) is 26.8 Å². The van der Waals surface area contributed by atoms with Crippen molar-refractivity contribution in [3.63, 3.8) is 0 Å². The Morgan fingerprint density at radius 2 is 1.84 bits per heavy atom. The maximum absolute atomic E-state index is 11.9. The Balaban J connectivity index is 2.00. The summed E-state index contributed by atoms with van der Waals surface area (Å²) < 4.78 is 0. The minimum absolute atomic E-state index is 0.0848. The summed E-state index contributed by atoms with van der Waals surface area (Å²) in [6.45, 7) is 5.20. The summed E-state index contributed by atoms with van der Waals surface area (Å²) in [5.41, 5.74) is 2.22. The zero-order valence-corrected chi connectivity index (χ0v) is 12.4. The number of amides is 2. The summed E-state index contributed by atoms with van der Waals surface area (Å²) in [6, 6.07) is 6.21. The van der Waals surface area contributed by atoms with Crippen LogP contribution in [0.5, 0.6) is 0 Å². The number of hydrogen-bond donors (Lipinski definition) is 0. The van der Waals surface area contributed by atoms with E-state index in [1.165, 1.54) is 0 Å². The van der Waals surface area contributed by atoms with Crippen molar-refractivity contribution >= 4 is 23.3 Å². The zero-order chi connectivity index (χ0) is 14.0. The Labute approximate surface area is 119 Å². The number of rotatable bonds is 1. The van der Waals surface area contributed by atoms with Gasteiger partial charge in [-0.3, -0.25) is 0 Å². The number of carbonyl (C=O) groups is 1. The maximum atomic E-state index is 11.9. The molecule has 1 aliphatic rings. The van der Waals surface area contributed by atoms with E-state index in [1.807, 2.05) is 24.0 Å². The van der Waals surface area contributed by atoms with Crippen LogP contribution in [0.2, 0.25) is 5.02 Å². The molecule has 1 aromatic carbocycles. The molecule has 19 heavy (non-hydrogen) atoms. The molecule has 0 radical (unpaired) electrons. The zero-order valence-electron chi connectivity index (χ0n) is 11.7. The fraction of sp³-hybridized carbons (Fsp3) is 0.500. The van der Waals surface area contributed by atoms with Crippen molar-refractivity contribution in [3.8, 4) is 0 Å². The lowest BCUT2D eigenvalue weighted by Crippen LogP contribution is -2.51. The lowest BCUT2D eigenvalue weighted by atomic mass is 10.2. The van der Waals surface area contributed by atoms with Crippen LogP contribution in [-0.4, -0.2) is 56.1 Å². The molecule has 2 rings (SSSR count). The molecule has 1 aliphatic heterocycles. The fourth-order valence-electron chi connectivity index (χ4n) is 2.22. The third kappa shape index (κ3) is 3.13. The van der Waals surface area contributed by atoms with Crippen molar-refractivity contribution in [2.24, 2.45) is 0 Å². The number of aryl methyl sites for hydroxylation is 1. The molecule has 104 valence electrons. The Kier molecular flexibility index (Phi) is 4.20. The van der Waals surface area contributed by atoms with Crippen molar-refractivity contribution in [1.29, 1.82) is 0 Å². The summed E-state index contributed by atoms with van der Waals surface area (Å²) in [7, 11) is 3.57. The minimum Gasteiger partial charge on any atom is -0.368 e. The first-order chi connectivity index (χ1) is 8.99. The molecule has 0 saturated carbocycles. The Bertz CT molecular complexity index is 468. The summed E-state index contributed by atoms with van der Waals surface area (Å²) >= 11 is 6.16. The van der Waals surface area contributed by atoms with E-state index in [0.717, 1.165) is 42.5 Å². The molecule has 1 heterocycles. The van der Waals surface area contributed by atoms with Gasteiger partial charge in [0.05, 0.1) is 0 Å². The highest BCUT2D eigenvalue weighted by molar-refractivity contribution is 6.31. The normalized spacial score (nSPS) is 15.6. The van der Waals surface area contributed by atoms with Crippen LogP contribution in [0.3, 0.4) is 0 Å². The van der Waals surface area contributed by atoms with Gasteiger partial charge in [-0.25, -0.2) is 4.79 Å². The number of urea groups is 1. The van der Waals surface area contributed by atoms with Gasteiger partial charge in [0.2, 0.25) is 0 Å². The van der Waals surface area contributed by atoms with E-state index in [2.05, 4.69) is 11.0 Å². The number of carbonyl (C=O) groups excluding carboxylic acids is 1. The van der Waals surface area contributed by atoms with Crippen molar-refractivity contribution in [3.05, 3.63) is 28.8 Å². The van der Waals surface area contributed by atoms with Crippen LogP contribution in [0.4, 0.5) is 10.5 Å². The summed E-state index contributed by atoms with van der Waals surface area (Å²) in [5.74, 6) is 0. The highest BCUT2D eigenvalue weighted by Crippen LogP contribution is 2.24. The van der Waals surface area contributed by atoms with Crippen LogP contribution in [0.25, 0.3) is 0 Å². The van der Waals surface area contributed by atoms with E-state index in [4.69, 9.17) is 11.6 Å². The molecule has 1 saturated heterocycles. The van der Waals surface area contributed by atoms with E-state index in [-0.39, 0.29) is 6.03 Å². The number of piperazine rings is 1. The summed E-state index contributed by atoms with van der Waals surface area (Å²) in [4.78, 5) is 17.6. The van der Waals surface area contributed by atoms with Crippen molar-refractivity contribution < 1.29 is 4.79 Å². The van der Waals surface area contributed by atoms with Crippen molar-refractivity contribution in [2.45, 2.75) is 6.92 Å². The van der Waals surface area contributed by atoms with Gasteiger partial charge < -0.3 is 14.7 Å². The first-order valence-corrected chi connectivity index (χ1v) is 6.84. The lowest BCUT2D eigenvalue weighted by molar-refractivity contribution is 0.168. The van der Waals surface area contributed by atoms with Gasteiger partial charge in [0, 0.05) is 51.0 Å². The van der Waals surface area contributed by atoms with Crippen molar-refractivity contribution in [1.82, 2.24) is 9.80 Å². The first kappa shape index (κ1) is 14.0. The van der Waals surface area contributed by atoms with Crippen LogP contribution >= 0.6 is 11.6 Å². The fourth-order valence-corrected chi connectivity index (χ4v) is 2.39. The molecular formula is C14H20ClN3O. The Morgan fingerprint density at radius 1 is 1.21 bits per heavy atom. The molecule has 0 unspecified atom stereocenters. The quantitative estimate of drug-likeness (QED) is 0.791. The highest BCUT2D eigenvalue weighted by Gasteiger charge is 2.22. The minimum atomic E-state index is 0.0848. The van der Waals surface area contributed by atoms with Crippen LogP contribution in [0.1, 0.15) is 5.56 Å². The monoisotopic (exact) mass is 281 g/mol. The molecular weight excluding hydrogens is 262 g/mol. The van der Waals surface area contributed by atoms with Gasteiger partial charge in [0.1, 0.15) is 0 Å². The molecule has 0 atom stereocenters. The maximum Gasteiger partial charge on any atom is 0.319 e. The number of hydrogen-bond acceptors (Lipinski definition) is 2. The van der Waals surface area contributed by atoms with Gasteiger partial charge in [-0.2, -0.15) is 0 Å². The predicted octanol–water partition coefficient (Wildman–Crippen LogP) is 2.45. The number of nitrogens with zero attached hydrogens (tertiary/aromatic N) is 3. The summed E-state index contributed by atoms with van der Waals surface area (Å²) in [5, 5.41) is 0.796. The van der Waals surface area contributed by atoms with E-state index >= 15 is 0 Å². The second-order valence-electron chi connectivity index (χ2n) is 5.08. The molecule has 2 amide bonds. The van der Waals surface area contributed by atoms with Gasteiger partial charge in [-0.15, -0.1) is 0 Å². The number of benzene rings is 1. The molecule has 0 spiro atoms. The van der Waals surface area contributed by atoms with Gasteiger partial charge in [-0.1, -0.05) is 17.7 Å². The third-order valence-electron chi connectivity index (χ3n) is 3.45. The Morgan fingerprint density at radius 3 is 2.37 bits per heavy atom. The molecule has 1 aromatic rings. The van der Waals surface area contributed by atoms with E-state index in [0.29, 0.717) is 0 Å².